The van der Waals surface area contributed by atoms with Gasteiger partial charge in [0, 0.05) is 18.2 Å². The number of anilines is 1. The molecule has 1 aliphatic rings. The summed E-state index contributed by atoms with van der Waals surface area (Å²) in [6, 6.07) is 16.9. The van der Waals surface area contributed by atoms with Gasteiger partial charge in [0.2, 0.25) is 5.91 Å². The van der Waals surface area contributed by atoms with E-state index in [9.17, 15) is 9.59 Å². The minimum atomic E-state index is -0.514. The van der Waals surface area contributed by atoms with E-state index in [-0.39, 0.29) is 24.4 Å². The Morgan fingerprint density at radius 1 is 0.939 bits per heavy atom. The van der Waals surface area contributed by atoms with Crippen LogP contribution in [0.3, 0.4) is 0 Å². The third-order valence-electron chi connectivity index (χ3n) is 5.24. The van der Waals surface area contributed by atoms with Crippen molar-refractivity contribution < 1.29 is 14.3 Å². The molecule has 0 bridgehead atoms. The van der Waals surface area contributed by atoms with Crippen molar-refractivity contribution in [2.75, 3.05) is 12.3 Å². The Morgan fingerprint density at radius 2 is 1.67 bits per heavy atom. The van der Waals surface area contributed by atoms with E-state index < -0.39 is 11.8 Å². The van der Waals surface area contributed by atoms with E-state index in [1.165, 1.54) is 6.33 Å². The molecule has 2 aromatic carbocycles. The molecule has 0 unspecified atom stereocenters. The number of fused-ring (bicyclic) bond motifs is 1. The highest BCUT2D eigenvalue weighted by molar-refractivity contribution is 6.42. The fraction of sp³-hybridized carbons (Fsp3) is 0.0870. The second-order valence-electron chi connectivity index (χ2n) is 7.36. The number of imide groups is 1. The highest BCUT2D eigenvalue weighted by Gasteiger charge is 2.28. The fourth-order valence-corrected chi connectivity index (χ4v) is 3.63. The van der Waals surface area contributed by atoms with Crippen LogP contribution in [-0.2, 0) is 16.1 Å². The molecule has 1 aliphatic heterocycles. The lowest BCUT2D eigenvalue weighted by Gasteiger charge is -2.14. The molecule has 0 saturated carbocycles. The van der Waals surface area contributed by atoms with Gasteiger partial charge in [-0.3, -0.25) is 14.5 Å². The van der Waals surface area contributed by atoms with Crippen LogP contribution in [0.4, 0.5) is 5.82 Å². The summed E-state index contributed by atoms with van der Waals surface area (Å²) in [4.78, 5) is 33.5. The number of nitrogens with zero attached hydrogens (tertiary/aromatic N) is 5. The predicted molar refractivity (Wildman–Crippen MR) is 122 cm³/mol. The number of aromatic nitrogens is 4. The van der Waals surface area contributed by atoms with Crippen LogP contribution in [0.1, 0.15) is 0 Å². The van der Waals surface area contributed by atoms with E-state index in [0.29, 0.717) is 22.5 Å². The second-order valence-corrected chi connectivity index (χ2v) is 7.36. The van der Waals surface area contributed by atoms with Crippen LogP contribution in [0.25, 0.3) is 22.3 Å². The molecule has 0 fully saturated rings. The SMILES string of the molecule is [B]C1=CC(=O)N(CCn2nc(-c3ccc(Oc4ccccc4)cc3)c3c(N)ncnc32)C1=O. The maximum Gasteiger partial charge on any atom is 0.253 e. The Balaban J connectivity index is 1.44. The van der Waals surface area contributed by atoms with Crippen molar-refractivity contribution >= 4 is 36.5 Å². The maximum atomic E-state index is 12.1. The largest absolute Gasteiger partial charge is 0.457 e. The van der Waals surface area contributed by atoms with E-state index in [2.05, 4.69) is 15.1 Å². The number of nitrogen functional groups attached to an aromatic ring is 1. The Hall–Kier alpha value is -4.47. The first kappa shape index (κ1) is 20.4. The van der Waals surface area contributed by atoms with Crippen molar-refractivity contribution in [2.24, 2.45) is 0 Å². The predicted octanol–water partition coefficient (Wildman–Crippen LogP) is 2.29. The Bertz CT molecular complexity index is 1400. The van der Waals surface area contributed by atoms with Crippen LogP contribution in [-0.4, -0.2) is 50.9 Å². The molecule has 2 radical (unpaired) electrons. The lowest BCUT2D eigenvalue weighted by Crippen LogP contribution is -2.34. The van der Waals surface area contributed by atoms with Crippen molar-refractivity contribution in [1.29, 1.82) is 0 Å². The van der Waals surface area contributed by atoms with Gasteiger partial charge in [-0.1, -0.05) is 18.2 Å². The number of carbonyl (C=O) groups is 2. The average molecular weight is 436 g/mol. The summed E-state index contributed by atoms with van der Waals surface area (Å²) in [5.41, 5.74) is 7.96. The number of rotatable bonds is 6. The zero-order chi connectivity index (χ0) is 22.9. The summed E-state index contributed by atoms with van der Waals surface area (Å²) < 4.78 is 7.45. The Kier molecular flexibility index (Phi) is 5.10. The number of carbonyl (C=O) groups excluding carboxylic acids is 2. The van der Waals surface area contributed by atoms with Gasteiger partial charge in [0.15, 0.2) is 5.65 Å². The molecule has 0 atom stereocenters. The van der Waals surface area contributed by atoms with Crippen LogP contribution in [0.15, 0.2) is 72.5 Å². The van der Waals surface area contributed by atoms with Crippen LogP contribution >= 0.6 is 0 Å². The van der Waals surface area contributed by atoms with Gasteiger partial charge >= 0.3 is 0 Å². The third kappa shape index (κ3) is 3.82. The smallest absolute Gasteiger partial charge is 0.253 e. The summed E-state index contributed by atoms with van der Waals surface area (Å²) in [6.45, 7) is 0.319. The van der Waals surface area contributed by atoms with Crippen LogP contribution in [0.5, 0.6) is 11.5 Å². The molecule has 2 amide bonds. The molecule has 5 rings (SSSR count). The normalized spacial score (nSPS) is 13.6. The zero-order valence-corrected chi connectivity index (χ0v) is 17.4. The van der Waals surface area contributed by atoms with Gasteiger partial charge in [-0.25, -0.2) is 14.6 Å². The molecule has 2 aromatic heterocycles. The van der Waals surface area contributed by atoms with Gasteiger partial charge in [0.1, 0.15) is 37.2 Å². The standard InChI is InChI=1S/C23H17BN6O3/c24-17-12-18(31)29(23(17)32)10-11-30-22-19(21(25)26-13-27-22)20(28-30)14-6-8-16(9-7-14)33-15-4-2-1-3-5-15/h1-9,12-13H,10-11H2,(H2,25,26,27). The highest BCUT2D eigenvalue weighted by Crippen LogP contribution is 2.32. The summed E-state index contributed by atoms with van der Waals surface area (Å²) in [7, 11) is 5.56. The molecular formula is C23H17BN6O3. The van der Waals surface area contributed by atoms with Gasteiger partial charge in [0.25, 0.3) is 5.91 Å². The molecule has 0 aliphatic carbocycles. The summed E-state index contributed by atoms with van der Waals surface area (Å²) in [6.07, 6.45) is 2.47. The van der Waals surface area contributed by atoms with Crippen molar-refractivity contribution in [2.45, 2.75) is 6.54 Å². The van der Waals surface area contributed by atoms with Crippen LogP contribution in [0, 0.1) is 0 Å². The third-order valence-corrected chi connectivity index (χ3v) is 5.24. The first-order chi connectivity index (χ1) is 16.0. The molecule has 4 aromatic rings. The quantitative estimate of drug-likeness (QED) is 0.364. The van der Waals surface area contributed by atoms with Crippen molar-refractivity contribution in [3.05, 3.63) is 72.5 Å². The van der Waals surface area contributed by atoms with Gasteiger partial charge in [0.05, 0.1) is 11.9 Å². The van der Waals surface area contributed by atoms with E-state index in [0.717, 1.165) is 22.3 Å². The Morgan fingerprint density at radius 3 is 2.36 bits per heavy atom. The highest BCUT2D eigenvalue weighted by atomic mass is 16.5. The molecule has 33 heavy (non-hydrogen) atoms. The lowest BCUT2D eigenvalue weighted by atomic mass is 9.96. The summed E-state index contributed by atoms with van der Waals surface area (Å²) in [5.74, 6) is 0.732. The minimum Gasteiger partial charge on any atom is -0.457 e. The van der Waals surface area contributed by atoms with Gasteiger partial charge in [-0.05, 0) is 41.9 Å². The van der Waals surface area contributed by atoms with Gasteiger partial charge in [-0.2, -0.15) is 5.10 Å². The molecule has 3 heterocycles. The topological polar surface area (TPSA) is 116 Å². The number of ether oxygens (including phenoxy) is 1. The minimum absolute atomic E-state index is 0.0737. The van der Waals surface area contributed by atoms with Crippen molar-refractivity contribution in [3.63, 3.8) is 0 Å². The molecule has 10 heteroatoms. The molecule has 160 valence electrons. The molecule has 0 saturated heterocycles. The number of benzene rings is 2. The second kappa shape index (κ2) is 8.23. The molecular weight excluding hydrogens is 419 g/mol. The van der Waals surface area contributed by atoms with Gasteiger partial charge in [-0.15, -0.1) is 0 Å². The first-order valence-corrected chi connectivity index (χ1v) is 10.1. The average Bonchev–Trinajstić information content (AvgIpc) is 3.31. The number of hydrogen-bond acceptors (Lipinski definition) is 7. The fourth-order valence-electron chi connectivity index (χ4n) is 3.63. The summed E-state index contributed by atoms with van der Waals surface area (Å²) in [5, 5.41) is 5.25. The number of nitrogens with two attached hydrogens (primary N) is 1. The van der Waals surface area contributed by atoms with Gasteiger partial charge < -0.3 is 10.5 Å². The lowest BCUT2D eigenvalue weighted by molar-refractivity contribution is -0.137. The summed E-state index contributed by atoms with van der Waals surface area (Å²) >= 11 is 0. The number of amides is 2. The maximum absolute atomic E-state index is 12.1. The monoisotopic (exact) mass is 436 g/mol. The van der Waals surface area contributed by atoms with E-state index >= 15 is 0 Å². The molecule has 0 spiro atoms. The number of para-hydroxylation sites is 1. The Labute approximate surface area is 189 Å². The van der Waals surface area contributed by atoms with E-state index in [1.807, 2.05) is 54.6 Å². The van der Waals surface area contributed by atoms with Crippen molar-refractivity contribution in [1.82, 2.24) is 24.6 Å². The molecule has 9 nitrogen and oxygen atoms in total. The van der Waals surface area contributed by atoms with E-state index in [4.69, 9.17) is 18.3 Å². The van der Waals surface area contributed by atoms with Crippen LogP contribution < -0.4 is 10.5 Å². The van der Waals surface area contributed by atoms with Crippen molar-refractivity contribution in [3.8, 4) is 22.8 Å². The molecule has 2 N–H and O–H groups in total. The van der Waals surface area contributed by atoms with E-state index in [1.54, 1.807) is 4.68 Å². The number of hydrogen-bond donors (Lipinski definition) is 1. The van der Waals surface area contributed by atoms with Crippen LogP contribution in [0.2, 0.25) is 0 Å². The first-order valence-electron chi connectivity index (χ1n) is 10.1. The zero-order valence-electron chi connectivity index (χ0n) is 17.4.